The van der Waals surface area contributed by atoms with E-state index in [2.05, 4.69) is 38.2 Å². The van der Waals surface area contributed by atoms with Crippen LogP contribution in [-0.2, 0) is 16.6 Å². The first-order valence-electron chi connectivity index (χ1n) is 7.59. The third kappa shape index (κ3) is 2.98. The second-order valence-corrected chi connectivity index (χ2v) is 6.73. The molecule has 114 valence electrons. The second-order valence-electron chi connectivity index (χ2n) is 6.73. The minimum absolute atomic E-state index is 0.0975. The van der Waals surface area contributed by atoms with Gasteiger partial charge in [-0.25, -0.2) is 0 Å². The van der Waals surface area contributed by atoms with Crippen LogP contribution in [0.4, 0.5) is 5.69 Å². The van der Waals surface area contributed by atoms with Crippen LogP contribution in [0.2, 0.25) is 0 Å². The first kappa shape index (κ1) is 14.6. The van der Waals surface area contributed by atoms with Gasteiger partial charge >= 0.3 is 0 Å². The standard InChI is InChI=1S/C19H21NO2/c1-19(2,3)14-8-10-15(11-9-14)20-18(21)17-12-13-6-4-5-7-16(13)22-17/h4-11,17H,12H2,1-3H3,(H,20,21)/t17-/m1/s1. The van der Waals surface area contributed by atoms with E-state index in [0.29, 0.717) is 6.42 Å². The maximum atomic E-state index is 12.3. The van der Waals surface area contributed by atoms with E-state index in [4.69, 9.17) is 4.74 Å². The molecule has 0 unspecified atom stereocenters. The van der Waals surface area contributed by atoms with Gasteiger partial charge in [-0.3, -0.25) is 4.79 Å². The van der Waals surface area contributed by atoms with Crippen LogP contribution in [0.1, 0.15) is 31.9 Å². The van der Waals surface area contributed by atoms with Crippen LogP contribution in [0.5, 0.6) is 5.75 Å². The van der Waals surface area contributed by atoms with Gasteiger partial charge in [-0.15, -0.1) is 0 Å². The number of carbonyl (C=O) groups excluding carboxylic acids is 1. The van der Waals surface area contributed by atoms with E-state index in [1.807, 2.05) is 36.4 Å². The maximum Gasteiger partial charge on any atom is 0.265 e. The van der Waals surface area contributed by atoms with Crippen LogP contribution < -0.4 is 10.1 Å². The van der Waals surface area contributed by atoms with E-state index < -0.39 is 6.10 Å². The number of benzene rings is 2. The van der Waals surface area contributed by atoms with E-state index in [-0.39, 0.29) is 11.3 Å². The number of anilines is 1. The van der Waals surface area contributed by atoms with Crippen LogP contribution in [0.3, 0.4) is 0 Å². The third-order valence-corrected chi connectivity index (χ3v) is 3.96. The molecule has 2 aromatic rings. The summed E-state index contributed by atoms with van der Waals surface area (Å²) in [6, 6.07) is 15.8. The first-order valence-corrected chi connectivity index (χ1v) is 7.59. The van der Waals surface area contributed by atoms with Crippen molar-refractivity contribution in [2.75, 3.05) is 5.32 Å². The van der Waals surface area contributed by atoms with Crippen molar-refractivity contribution >= 4 is 11.6 Å². The topological polar surface area (TPSA) is 38.3 Å². The van der Waals surface area contributed by atoms with Crippen LogP contribution in [0.25, 0.3) is 0 Å². The van der Waals surface area contributed by atoms with E-state index in [9.17, 15) is 4.79 Å². The molecule has 1 N–H and O–H groups in total. The Morgan fingerprint density at radius 1 is 1.09 bits per heavy atom. The van der Waals surface area contributed by atoms with Crippen molar-refractivity contribution in [2.45, 2.75) is 38.7 Å². The van der Waals surface area contributed by atoms with Gasteiger partial charge in [-0.1, -0.05) is 51.1 Å². The smallest absolute Gasteiger partial charge is 0.265 e. The second kappa shape index (κ2) is 5.48. The zero-order chi connectivity index (χ0) is 15.7. The Balaban J connectivity index is 1.66. The highest BCUT2D eigenvalue weighted by atomic mass is 16.5. The molecule has 1 atom stereocenters. The maximum absolute atomic E-state index is 12.3. The summed E-state index contributed by atoms with van der Waals surface area (Å²) in [5.41, 5.74) is 3.25. The molecular formula is C19H21NO2. The lowest BCUT2D eigenvalue weighted by atomic mass is 9.87. The van der Waals surface area contributed by atoms with Crippen molar-refractivity contribution in [3.63, 3.8) is 0 Å². The quantitative estimate of drug-likeness (QED) is 0.911. The number of rotatable bonds is 2. The Labute approximate surface area is 131 Å². The molecule has 2 aromatic carbocycles. The monoisotopic (exact) mass is 295 g/mol. The number of fused-ring (bicyclic) bond motifs is 1. The molecule has 0 saturated carbocycles. The van der Waals surface area contributed by atoms with Crippen molar-refractivity contribution in [2.24, 2.45) is 0 Å². The molecule has 3 rings (SSSR count). The van der Waals surface area contributed by atoms with Gasteiger partial charge in [0.15, 0.2) is 6.10 Å². The molecule has 0 radical (unpaired) electrons. The SMILES string of the molecule is CC(C)(C)c1ccc(NC(=O)[C@H]2Cc3ccccc3O2)cc1. The van der Waals surface area contributed by atoms with Crippen LogP contribution >= 0.6 is 0 Å². The average Bonchev–Trinajstić information content (AvgIpc) is 2.91. The van der Waals surface area contributed by atoms with Gasteiger partial charge in [0.2, 0.25) is 0 Å². The highest BCUT2D eigenvalue weighted by Crippen LogP contribution is 2.29. The van der Waals surface area contributed by atoms with Crippen LogP contribution in [0, 0.1) is 0 Å². The summed E-state index contributed by atoms with van der Waals surface area (Å²) in [5.74, 6) is 0.713. The number of hydrogen-bond acceptors (Lipinski definition) is 2. The predicted octanol–water partition coefficient (Wildman–Crippen LogP) is 3.93. The molecule has 1 aliphatic rings. The predicted molar refractivity (Wildman–Crippen MR) is 88.3 cm³/mol. The lowest BCUT2D eigenvalue weighted by Crippen LogP contribution is -2.31. The molecule has 3 nitrogen and oxygen atoms in total. The van der Waals surface area contributed by atoms with Gasteiger partial charge in [0.1, 0.15) is 5.75 Å². The summed E-state index contributed by atoms with van der Waals surface area (Å²) in [4.78, 5) is 12.3. The van der Waals surface area contributed by atoms with Crippen LogP contribution in [-0.4, -0.2) is 12.0 Å². The molecule has 0 spiro atoms. The summed E-state index contributed by atoms with van der Waals surface area (Å²) >= 11 is 0. The summed E-state index contributed by atoms with van der Waals surface area (Å²) in [5, 5.41) is 2.93. The van der Waals surface area contributed by atoms with Crippen LogP contribution in [0.15, 0.2) is 48.5 Å². The van der Waals surface area contributed by atoms with E-state index in [1.54, 1.807) is 0 Å². The summed E-state index contributed by atoms with van der Waals surface area (Å²) in [6.07, 6.45) is 0.182. The lowest BCUT2D eigenvalue weighted by molar-refractivity contribution is -0.122. The number of carbonyl (C=O) groups is 1. The van der Waals surface area contributed by atoms with Crippen molar-refractivity contribution in [3.05, 3.63) is 59.7 Å². The minimum Gasteiger partial charge on any atom is -0.480 e. The molecule has 1 amide bonds. The van der Waals surface area contributed by atoms with Gasteiger partial charge in [0.05, 0.1) is 0 Å². The normalized spacial score (nSPS) is 16.8. The van der Waals surface area contributed by atoms with Crippen molar-refractivity contribution < 1.29 is 9.53 Å². The van der Waals surface area contributed by atoms with Gasteiger partial charge < -0.3 is 10.1 Å². The van der Waals surface area contributed by atoms with E-state index >= 15 is 0 Å². The molecule has 0 fully saturated rings. The molecule has 0 bridgehead atoms. The van der Waals surface area contributed by atoms with E-state index in [0.717, 1.165) is 17.0 Å². The highest BCUT2D eigenvalue weighted by molar-refractivity contribution is 5.95. The first-order chi connectivity index (χ1) is 10.4. The molecule has 3 heteroatoms. The highest BCUT2D eigenvalue weighted by Gasteiger charge is 2.28. The van der Waals surface area contributed by atoms with Crippen molar-refractivity contribution in [3.8, 4) is 5.75 Å². The molecule has 0 aromatic heterocycles. The number of para-hydroxylation sites is 1. The fourth-order valence-corrected chi connectivity index (χ4v) is 2.60. The molecule has 1 aliphatic heterocycles. The summed E-state index contributed by atoms with van der Waals surface area (Å²) < 4.78 is 5.71. The lowest BCUT2D eigenvalue weighted by Gasteiger charge is -2.19. The summed E-state index contributed by atoms with van der Waals surface area (Å²) in [7, 11) is 0. The number of nitrogens with one attached hydrogen (secondary N) is 1. The Bertz CT molecular complexity index is 658. The number of amides is 1. The van der Waals surface area contributed by atoms with Gasteiger partial charge in [0, 0.05) is 12.1 Å². The molecule has 22 heavy (non-hydrogen) atoms. The third-order valence-electron chi connectivity index (χ3n) is 3.96. The fourth-order valence-electron chi connectivity index (χ4n) is 2.60. The fraction of sp³-hybridized carbons (Fsp3) is 0.316. The Morgan fingerprint density at radius 3 is 2.41 bits per heavy atom. The minimum atomic E-state index is -0.445. The Kier molecular flexibility index (Phi) is 3.65. The largest absolute Gasteiger partial charge is 0.480 e. The average molecular weight is 295 g/mol. The van der Waals surface area contributed by atoms with E-state index in [1.165, 1.54) is 5.56 Å². The number of hydrogen-bond donors (Lipinski definition) is 1. The Morgan fingerprint density at radius 2 is 1.77 bits per heavy atom. The molecule has 0 aliphatic carbocycles. The van der Waals surface area contributed by atoms with Crippen molar-refractivity contribution in [1.29, 1.82) is 0 Å². The Hall–Kier alpha value is -2.29. The van der Waals surface area contributed by atoms with Crippen molar-refractivity contribution in [1.82, 2.24) is 0 Å². The van der Waals surface area contributed by atoms with Gasteiger partial charge in [-0.05, 0) is 34.7 Å². The zero-order valence-corrected chi connectivity index (χ0v) is 13.2. The van der Waals surface area contributed by atoms with Gasteiger partial charge in [0.25, 0.3) is 5.91 Å². The van der Waals surface area contributed by atoms with Gasteiger partial charge in [-0.2, -0.15) is 0 Å². The summed E-state index contributed by atoms with van der Waals surface area (Å²) in [6.45, 7) is 6.51. The number of ether oxygens (including phenoxy) is 1. The molecule has 0 saturated heterocycles. The zero-order valence-electron chi connectivity index (χ0n) is 13.2. The molecular weight excluding hydrogens is 274 g/mol. The molecule has 1 heterocycles.